The van der Waals surface area contributed by atoms with Gasteiger partial charge in [-0.1, -0.05) is 49.6 Å². The Kier molecular flexibility index (Phi) is 6.42. The quantitative estimate of drug-likeness (QED) is 0.739. The summed E-state index contributed by atoms with van der Waals surface area (Å²) in [6.45, 7) is 0. The van der Waals surface area contributed by atoms with Crippen molar-refractivity contribution in [2.24, 2.45) is 0 Å². The molecule has 2 aromatic rings. The van der Waals surface area contributed by atoms with Gasteiger partial charge in [0.25, 0.3) is 0 Å². The van der Waals surface area contributed by atoms with Gasteiger partial charge < -0.3 is 0 Å². The van der Waals surface area contributed by atoms with Gasteiger partial charge in [0.15, 0.2) is 0 Å². The molecule has 3 rings (SSSR count). The fraction of sp³-hybridized carbons (Fsp3) is 0.400. The molecule has 1 saturated carbocycles. The van der Waals surface area contributed by atoms with Gasteiger partial charge in [-0.25, -0.2) is 16.8 Å². The summed E-state index contributed by atoms with van der Waals surface area (Å²) in [7, 11) is -5.54. The van der Waals surface area contributed by atoms with Gasteiger partial charge in [-0.3, -0.25) is 4.72 Å². The smallest absolute Gasteiger partial charge is 0.243 e. The molecular formula is C20H26N2O4S2. The number of nitrogens with zero attached hydrogens (tertiary/aromatic N) is 1. The summed E-state index contributed by atoms with van der Waals surface area (Å²) in [6.07, 6.45) is 5.02. The fourth-order valence-electron chi connectivity index (χ4n) is 3.51. The summed E-state index contributed by atoms with van der Waals surface area (Å²) in [5.41, 5.74) is 1.03. The van der Waals surface area contributed by atoms with Crippen molar-refractivity contribution < 1.29 is 16.8 Å². The first-order valence-electron chi connectivity index (χ1n) is 9.40. The first-order valence-corrected chi connectivity index (χ1v) is 12.5. The van der Waals surface area contributed by atoms with Crippen LogP contribution < -0.4 is 4.72 Å². The molecule has 0 amide bonds. The van der Waals surface area contributed by atoms with E-state index in [1.165, 1.54) is 28.6 Å². The molecule has 2 aromatic carbocycles. The second-order valence-electron chi connectivity index (χ2n) is 7.18. The van der Waals surface area contributed by atoms with E-state index in [0.29, 0.717) is 11.3 Å². The molecule has 0 atom stereocenters. The predicted octanol–water partition coefficient (Wildman–Crippen LogP) is 3.58. The van der Waals surface area contributed by atoms with Crippen LogP contribution in [0.3, 0.4) is 0 Å². The van der Waals surface area contributed by atoms with Gasteiger partial charge in [0.1, 0.15) is 0 Å². The zero-order valence-electron chi connectivity index (χ0n) is 15.9. The molecular weight excluding hydrogens is 396 g/mol. The van der Waals surface area contributed by atoms with Crippen LogP contribution in [0.25, 0.3) is 0 Å². The van der Waals surface area contributed by atoms with Crippen LogP contribution in [0.15, 0.2) is 59.5 Å². The summed E-state index contributed by atoms with van der Waals surface area (Å²) in [6, 6.07) is 14.8. The Labute approximate surface area is 167 Å². The molecule has 0 unspecified atom stereocenters. The van der Waals surface area contributed by atoms with Crippen molar-refractivity contribution in [1.82, 2.24) is 4.31 Å². The largest absolute Gasteiger partial charge is 0.283 e. The Balaban J connectivity index is 1.70. The highest BCUT2D eigenvalue weighted by Gasteiger charge is 2.29. The molecule has 1 N–H and O–H groups in total. The molecule has 1 aliphatic rings. The zero-order valence-corrected chi connectivity index (χ0v) is 17.5. The average molecular weight is 423 g/mol. The van der Waals surface area contributed by atoms with E-state index < -0.39 is 20.0 Å². The number of hydrogen-bond acceptors (Lipinski definition) is 4. The van der Waals surface area contributed by atoms with Crippen LogP contribution in [0.4, 0.5) is 5.69 Å². The molecule has 0 heterocycles. The minimum Gasteiger partial charge on any atom is -0.283 e. The normalized spacial score (nSPS) is 16.2. The van der Waals surface area contributed by atoms with Crippen molar-refractivity contribution in [3.05, 3.63) is 60.2 Å². The third-order valence-corrected chi connectivity index (χ3v) is 8.28. The van der Waals surface area contributed by atoms with Crippen LogP contribution in [-0.4, -0.2) is 34.2 Å². The van der Waals surface area contributed by atoms with E-state index in [-0.39, 0.29) is 16.7 Å². The maximum absolute atomic E-state index is 12.9. The van der Waals surface area contributed by atoms with E-state index in [4.69, 9.17) is 0 Å². The minimum atomic E-state index is -3.59. The van der Waals surface area contributed by atoms with E-state index >= 15 is 0 Å². The van der Waals surface area contributed by atoms with E-state index in [1.54, 1.807) is 31.3 Å². The molecule has 0 radical (unpaired) electrons. The molecule has 1 aliphatic carbocycles. The number of benzene rings is 2. The third-order valence-electron chi connectivity index (χ3n) is 5.09. The lowest BCUT2D eigenvalue weighted by Crippen LogP contribution is -2.38. The standard InChI is InChI=1S/C20H26N2O4S2/c1-22(19-10-6-3-7-11-19)28(25,26)20-14-12-18(13-15-20)21-27(23,24)16-17-8-4-2-5-9-17/h2,4-5,8-9,12-15,19,21H,3,6-7,10-11,16H2,1H3. The van der Waals surface area contributed by atoms with Gasteiger partial charge in [-0.05, 0) is 42.7 Å². The maximum atomic E-state index is 12.9. The van der Waals surface area contributed by atoms with Crippen molar-refractivity contribution in [2.45, 2.75) is 48.8 Å². The van der Waals surface area contributed by atoms with E-state index in [2.05, 4.69) is 4.72 Å². The summed E-state index contributed by atoms with van der Waals surface area (Å²) >= 11 is 0. The van der Waals surface area contributed by atoms with Crippen molar-refractivity contribution in [2.75, 3.05) is 11.8 Å². The Morgan fingerprint density at radius 3 is 2.11 bits per heavy atom. The van der Waals surface area contributed by atoms with Gasteiger partial charge >= 0.3 is 0 Å². The lowest BCUT2D eigenvalue weighted by molar-refractivity contribution is 0.286. The number of nitrogens with one attached hydrogen (secondary N) is 1. The Morgan fingerprint density at radius 2 is 1.50 bits per heavy atom. The third kappa shape index (κ3) is 5.12. The van der Waals surface area contributed by atoms with E-state index in [0.717, 1.165) is 32.1 Å². The van der Waals surface area contributed by atoms with Gasteiger partial charge in [0.2, 0.25) is 20.0 Å². The molecule has 0 aromatic heterocycles. The summed E-state index contributed by atoms with van der Waals surface area (Å²) in [4.78, 5) is 0.173. The van der Waals surface area contributed by atoms with Crippen LogP contribution in [0, 0.1) is 0 Å². The van der Waals surface area contributed by atoms with Crippen LogP contribution in [0.1, 0.15) is 37.7 Å². The molecule has 152 valence electrons. The zero-order chi connectivity index (χ0) is 20.2. The second kappa shape index (κ2) is 8.63. The highest BCUT2D eigenvalue weighted by Crippen LogP contribution is 2.27. The average Bonchev–Trinajstić information content (AvgIpc) is 2.68. The maximum Gasteiger partial charge on any atom is 0.243 e. The summed E-state index contributed by atoms with van der Waals surface area (Å²) in [5.74, 6) is -0.141. The highest BCUT2D eigenvalue weighted by atomic mass is 32.2. The number of hydrogen-bond donors (Lipinski definition) is 1. The van der Waals surface area contributed by atoms with Crippen LogP contribution in [-0.2, 0) is 25.8 Å². The predicted molar refractivity (Wildman–Crippen MR) is 111 cm³/mol. The van der Waals surface area contributed by atoms with Gasteiger partial charge in [-0.2, -0.15) is 4.31 Å². The van der Waals surface area contributed by atoms with Crippen LogP contribution >= 0.6 is 0 Å². The Bertz CT molecular complexity index is 982. The fourth-order valence-corrected chi connectivity index (χ4v) is 6.13. The van der Waals surface area contributed by atoms with Gasteiger partial charge in [-0.15, -0.1) is 0 Å². The molecule has 0 aliphatic heterocycles. The van der Waals surface area contributed by atoms with Crippen LogP contribution in [0.2, 0.25) is 0 Å². The SMILES string of the molecule is CN(C1CCCCC1)S(=O)(=O)c1ccc(NS(=O)(=O)Cc2ccccc2)cc1. The Morgan fingerprint density at radius 1 is 0.893 bits per heavy atom. The van der Waals surface area contributed by atoms with Crippen molar-refractivity contribution in [3.8, 4) is 0 Å². The summed E-state index contributed by atoms with van der Waals surface area (Å²) in [5, 5.41) is 0. The van der Waals surface area contributed by atoms with Crippen molar-refractivity contribution in [1.29, 1.82) is 0 Å². The van der Waals surface area contributed by atoms with Crippen molar-refractivity contribution in [3.63, 3.8) is 0 Å². The number of rotatable bonds is 7. The molecule has 28 heavy (non-hydrogen) atoms. The van der Waals surface area contributed by atoms with Crippen LogP contribution in [0.5, 0.6) is 0 Å². The second-order valence-corrected chi connectivity index (χ2v) is 10.9. The Hall–Kier alpha value is -1.90. The molecule has 8 heteroatoms. The lowest BCUT2D eigenvalue weighted by atomic mass is 9.96. The monoisotopic (exact) mass is 422 g/mol. The molecule has 6 nitrogen and oxygen atoms in total. The number of anilines is 1. The highest BCUT2D eigenvalue weighted by molar-refractivity contribution is 7.92. The lowest BCUT2D eigenvalue weighted by Gasteiger charge is -2.30. The summed E-state index contributed by atoms with van der Waals surface area (Å²) < 4.78 is 54.3. The molecule has 0 saturated heterocycles. The minimum absolute atomic E-state index is 0.0304. The van der Waals surface area contributed by atoms with E-state index in [9.17, 15) is 16.8 Å². The first-order chi connectivity index (χ1) is 13.3. The topological polar surface area (TPSA) is 83.6 Å². The first kappa shape index (κ1) is 20.8. The van der Waals surface area contributed by atoms with E-state index in [1.807, 2.05) is 6.07 Å². The van der Waals surface area contributed by atoms with Gasteiger partial charge in [0.05, 0.1) is 10.6 Å². The molecule has 0 bridgehead atoms. The molecule has 0 spiro atoms. The van der Waals surface area contributed by atoms with Crippen molar-refractivity contribution >= 4 is 25.7 Å². The van der Waals surface area contributed by atoms with Gasteiger partial charge in [0, 0.05) is 18.8 Å². The molecule has 1 fully saturated rings. The number of sulfonamides is 2.